The summed E-state index contributed by atoms with van der Waals surface area (Å²) >= 11 is 0. The maximum atomic E-state index is 5.87. The molecule has 110 valence electrons. The van der Waals surface area contributed by atoms with E-state index in [4.69, 9.17) is 4.42 Å². The van der Waals surface area contributed by atoms with Gasteiger partial charge in [-0.25, -0.2) is 0 Å². The van der Waals surface area contributed by atoms with Gasteiger partial charge in [0.15, 0.2) is 0 Å². The standard InChI is InChI=1S/C16H30N2O/c1-6-8-18(7-2)12-16-9-15(14(5)19-16)11-17-10-13(3)4/h9,13,17H,6-8,10-12H2,1-5H3. The summed E-state index contributed by atoms with van der Waals surface area (Å²) in [5.41, 5.74) is 1.29. The molecule has 1 aromatic heterocycles. The fourth-order valence-corrected chi connectivity index (χ4v) is 2.22. The summed E-state index contributed by atoms with van der Waals surface area (Å²) in [5.74, 6) is 2.83. The number of hydrogen-bond donors (Lipinski definition) is 1. The first kappa shape index (κ1) is 16.3. The molecule has 0 aliphatic heterocycles. The molecule has 1 rings (SSSR count). The second kappa shape index (κ2) is 8.39. The van der Waals surface area contributed by atoms with Gasteiger partial charge in [-0.3, -0.25) is 4.90 Å². The predicted octanol–water partition coefficient (Wildman–Crippen LogP) is 3.57. The van der Waals surface area contributed by atoms with Crippen LogP contribution >= 0.6 is 0 Å². The Kier molecular flexibility index (Phi) is 7.17. The van der Waals surface area contributed by atoms with Crippen LogP contribution in [0, 0.1) is 12.8 Å². The van der Waals surface area contributed by atoms with Gasteiger partial charge in [0.05, 0.1) is 6.54 Å². The van der Waals surface area contributed by atoms with E-state index < -0.39 is 0 Å². The topological polar surface area (TPSA) is 28.4 Å². The fourth-order valence-electron chi connectivity index (χ4n) is 2.22. The van der Waals surface area contributed by atoms with Crippen LogP contribution in [0.2, 0.25) is 0 Å². The Bertz CT molecular complexity index is 358. The molecule has 0 amide bonds. The van der Waals surface area contributed by atoms with Crippen molar-refractivity contribution in [1.82, 2.24) is 10.2 Å². The smallest absolute Gasteiger partial charge is 0.118 e. The molecule has 0 atom stereocenters. The van der Waals surface area contributed by atoms with Crippen molar-refractivity contribution >= 4 is 0 Å². The van der Waals surface area contributed by atoms with Crippen LogP contribution in [-0.4, -0.2) is 24.5 Å². The van der Waals surface area contributed by atoms with Gasteiger partial charge in [0.25, 0.3) is 0 Å². The van der Waals surface area contributed by atoms with E-state index in [0.717, 1.165) is 44.2 Å². The molecule has 19 heavy (non-hydrogen) atoms. The van der Waals surface area contributed by atoms with Gasteiger partial charge in [-0.2, -0.15) is 0 Å². The largest absolute Gasteiger partial charge is 0.465 e. The van der Waals surface area contributed by atoms with Gasteiger partial charge in [-0.05, 0) is 45.0 Å². The number of aryl methyl sites for hydroxylation is 1. The molecule has 0 radical (unpaired) electrons. The lowest BCUT2D eigenvalue weighted by atomic mass is 10.2. The molecule has 1 N–H and O–H groups in total. The van der Waals surface area contributed by atoms with Crippen molar-refractivity contribution in [3.63, 3.8) is 0 Å². The van der Waals surface area contributed by atoms with Gasteiger partial charge in [0.1, 0.15) is 11.5 Å². The molecule has 0 unspecified atom stereocenters. The van der Waals surface area contributed by atoms with Crippen LogP contribution in [0.15, 0.2) is 10.5 Å². The minimum atomic E-state index is 0.687. The van der Waals surface area contributed by atoms with Crippen molar-refractivity contribution in [2.45, 2.75) is 54.1 Å². The van der Waals surface area contributed by atoms with Crippen LogP contribution in [-0.2, 0) is 13.1 Å². The van der Waals surface area contributed by atoms with E-state index in [9.17, 15) is 0 Å². The van der Waals surface area contributed by atoms with Crippen LogP contribution in [0.1, 0.15) is 51.2 Å². The van der Waals surface area contributed by atoms with Crippen LogP contribution in [0.4, 0.5) is 0 Å². The maximum Gasteiger partial charge on any atom is 0.118 e. The summed E-state index contributed by atoms with van der Waals surface area (Å²) in [6.45, 7) is 16.0. The SMILES string of the molecule is CCCN(CC)Cc1cc(CNCC(C)C)c(C)o1. The van der Waals surface area contributed by atoms with E-state index in [1.807, 2.05) is 0 Å². The van der Waals surface area contributed by atoms with Gasteiger partial charge in [0, 0.05) is 12.1 Å². The molecule has 0 aliphatic rings. The van der Waals surface area contributed by atoms with Crippen molar-refractivity contribution < 1.29 is 4.42 Å². The van der Waals surface area contributed by atoms with E-state index in [-0.39, 0.29) is 0 Å². The molecule has 0 aliphatic carbocycles. The Hall–Kier alpha value is -0.800. The zero-order valence-electron chi connectivity index (χ0n) is 13.3. The fraction of sp³-hybridized carbons (Fsp3) is 0.750. The van der Waals surface area contributed by atoms with Gasteiger partial charge >= 0.3 is 0 Å². The molecular weight excluding hydrogens is 236 g/mol. The number of nitrogens with zero attached hydrogens (tertiary/aromatic N) is 1. The molecule has 0 saturated carbocycles. The maximum absolute atomic E-state index is 5.87. The first-order valence-electron chi connectivity index (χ1n) is 7.58. The molecule has 1 heterocycles. The van der Waals surface area contributed by atoms with Crippen LogP contribution in [0.3, 0.4) is 0 Å². The Balaban J connectivity index is 2.52. The highest BCUT2D eigenvalue weighted by Gasteiger charge is 2.10. The van der Waals surface area contributed by atoms with Gasteiger partial charge in [-0.1, -0.05) is 27.7 Å². The van der Waals surface area contributed by atoms with E-state index in [2.05, 4.69) is 50.9 Å². The second-order valence-electron chi connectivity index (χ2n) is 5.69. The summed E-state index contributed by atoms with van der Waals surface area (Å²) in [4.78, 5) is 2.42. The monoisotopic (exact) mass is 266 g/mol. The summed E-state index contributed by atoms with van der Waals surface area (Å²) in [6, 6.07) is 2.21. The molecular formula is C16H30N2O. The first-order valence-corrected chi connectivity index (χ1v) is 7.58. The van der Waals surface area contributed by atoms with Crippen molar-refractivity contribution in [2.75, 3.05) is 19.6 Å². The molecule has 3 heteroatoms. The Morgan fingerprint density at radius 1 is 1.32 bits per heavy atom. The molecule has 0 aromatic carbocycles. The van der Waals surface area contributed by atoms with Crippen LogP contribution in [0.25, 0.3) is 0 Å². The van der Waals surface area contributed by atoms with E-state index in [1.165, 1.54) is 12.0 Å². The number of rotatable bonds is 9. The lowest BCUT2D eigenvalue weighted by Gasteiger charge is -2.17. The molecule has 0 bridgehead atoms. The quantitative estimate of drug-likeness (QED) is 0.740. The number of furan rings is 1. The molecule has 3 nitrogen and oxygen atoms in total. The average molecular weight is 266 g/mol. The van der Waals surface area contributed by atoms with Gasteiger partial charge < -0.3 is 9.73 Å². The summed E-state index contributed by atoms with van der Waals surface area (Å²) < 4.78 is 5.87. The third-order valence-corrected chi connectivity index (χ3v) is 3.31. The Morgan fingerprint density at radius 3 is 2.63 bits per heavy atom. The summed E-state index contributed by atoms with van der Waals surface area (Å²) in [5, 5.41) is 3.47. The number of nitrogens with one attached hydrogen (secondary N) is 1. The first-order chi connectivity index (χ1) is 9.06. The van der Waals surface area contributed by atoms with Crippen LogP contribution < -0.4 is 5.32 Å². The van der Waals surface area contributed by atoms with E-state index >= 15 is 0 Å². The van der Waals surface area contributed by atoms with Crippen molar-refractivity contribution in [3.8, 4) is 0 Å². The highest BCUT2D eigenvalue weighted by Crippen LogP contribution is 2.16. The predicted molar refractivity (Wildman–Crippen MR) is 81.2 cm³/mol. The Labute approximate surface area is 118 Å². The normalized spacial score (nSPS) is 11.7. The third-order valence-electron chi connectivity index (χ3n) is 3.31. The van der Waals surface area contributed by atoms with Gasteiger partial charge in [-0.15, -0.1) is 0 Å². The summed E-state index contributed by atoms with van der Waals surface area (Å²) in [7, 11) is 0. The number of hydrogen-bond acceptors (Lipinski definition) is 3. The molecule has 0 saturated heterocycles. The minimum Gasteiger partial charge on any atom is -0.465 e. The van der Waals surface area contributed by atoms with Crippen molar-refractivity contribution in [1.29, 1.82) is 0 Å². The third kappa shape index (κ3) is 5.79. The van der Waals surface area contributed by atoms with Crippen LogP contribution in [0.5, 0.6) is 0 Å². The van der Waals surface area contributed by atoms with Gasteiger partial charge in [0.2, 0.25) is 0 Å². The molecule has 0 spiro atoms. The average Bonchev–Trinajstić information content (AvgIpc) is 2.69. The lowest BCUT2D eigenvalue weighted by Crippen LogP contribution is -2.23. The second-order valence-corrected chi connectivity index (χ2v) is 5.69. The highest BCUT2D eigenvalue weighted by atomic mass is 16.3. The zero-order valence-corrected chi connectivity index (χ0v) is 13.3. The lowest BCUT2D eigenvalue weighted by molar-refractivity contribution is 0.254. The Morgan fingerprint density at radius 2 is 2.05 bits per heavy atom. The van der Waals surface area contributed by atoms with E-state index in [0.29, 0.717) is 5.92 Å². The van der Waals surface area contributed by atoms with E-state index in [1.54, 1.807) is 0 Å². The summed E-state index contributed by atoms with van der Waals surface area (Å²) in [6.07, 6.45) is 1.19. The minimum absolute atomic E-state index is 0.687. The molecule has 1 aromatic rings. The molecule has 0 fully saturated rings. The zero-order chi connectivity index (χ0) is 14.3. The van der Waals surface area contributed by atoms with Crippen molar-refractivity contribution in [2.24, 2.45) is 5.92 Å². The van der Waals surface area contributed by atoms with Crippen molar-refractivity contribution in [3.05, 3.63) is 23.2 Å². The highest BCUT2D eigenvalue weighted by molar-refractivity contribution is 5.20.